The summed E-state index contributed by atoms with van der Waals surface area (Å²) in [5.41, 5.74) is 1.98. The van der Waals surface area contributed by atoms with E-state index in [0.29, 0.717) is 16.1 Å². The molecule has 0 unspecified atom stereocenters. The van der Waals surface area contributed by atoms with Gasteiger partial charge in [0.05, 0.1) is 17.3 Å². The average Bonchev–Trinajstić information content (AvgIpc) is 3.18. The molecule has 0 spiro atoms. The molecule has 3 aromatic rings. The summed E-state index contributed by atoms with van der Waals surface area (Å²) in [6.45, 7) is 0. The lowest BCUT2D eigenvalue weighted by Crippen LogP contribution is -2.12. The number of hydrogen-bond donors (Lipinski definition) is 1. The third-order valence-electron chi connectivity index (χ3n) is 2.98. The number of nitriles is 1. The number of benzene rings is 1. The maximum absolute atomic E-state index is 12.4. The topological polar surface area (TPSA) is 57.8 Å². The van der Waals surface area contributed by atoms with Gasteiger partial charge in [-0.1, -0.05) is 6.07 Å². The molecule has 2 heterocycles. The highest BCUT2D eigenvalue weighted by molar-refractivity contribution is 7.12. The van der Waals surface area contributed by atoms with Gasteiger partial charge in [-0.05, 0) is 41.8 Å². The van der Waals surface area contributed by atoms with Crippen LogP contribution < -0.4 is 5.32 Å². The van der Waals surface area contributed by atoms with Crippen LogP contribution in [0.5, 0.6) is 0 Å². The number of aromatic nitrogens is 1. The number of carbonyl (C=O) groups is 1. The average molecular weight is 293 g/mol. The molecule has 1 N–H and O–H groups in total. The summed E-state index contributed by atoms with van der Waals surface area (Å²) in [4.78, 5) is 13.0. The van der Waals surface area contributed by atoms with Gasteiger partial charge in [-0.3, -0.25) is 4.79 Å². The second-order valence-electron chi connectivity index (χ2n) is 4.37. The SMILES string of the molecule is N#Cc1cccc(NC(=O)c2sccc2-n2cccc2)c1. The van der Waals surface area contributed by atoms with Crippen LogP contribution in [0.15, 0.2) is 60.2 Å². The van der Waals surface area contributed by atoms with E-state index in [2.05, 4.69) is 11.4 Å². The summed E-state index contributed by atoms with van der Waals surface area (Å²) in [6.07, 6.45) is 3.80. The second kappa shape index (κ2) is 5.65. The van der Waals surface area contributed by atoms with Crippen LogP contribution >= 0.6 is 11.3 Å². The summed E-state index contributed by atoms with van der Waals surface area (Å²) in [5, 5.41) is 13.6. The fraction of sp³-hybridized carbons (Fsp3) is 0. The van der Waals surface area contributed by atoms with Gasteiger partial charge >= 0.3 is 0 Å². The summed E-state index contributed by atoms with van der Waals surface area (Å²) in [6, 6.07) is 14.7. The van der Waals surface area contributed by atoms with Crippen molar-refractivity contribution >= 4 is 22.9 Å². The summed E-state index contributed by atoms with van der Waals surface area (Å²) in [7, 11) is 0. The first-order valence-electron chi connectivity index (χ1n) is 6.30. The predicted molar refractivity (Wildman–Crippen MR) is 82.8 cm³/mol. The maximum atomic E-state index is 12.4. The number of nitrogens with zero attached hydrogens (tertiary/aromatic N) is 2. The van der Waals surface area contributed by atoms with Crippen molar-refractivity contribution in [1.29, 1.82) is 5.26 Å². The van der Waals surface area contributed by atoms with E-state index in [0.717, 1.165) is 5.69 Å². The fourth-order valence-electron chi connectivity index (χ4n) is 2.03. The Bertz CT molecular complexity index is 812. The van der Waals surface area contributed by atoms with E-state index in [1.165, 1.54) is 11.3 Å². The van der Waals surface area contributed by atoms with Crippen LogP contribution in [0.2, 0.25) is 0 Å². The van der Waals surface area contributed by atoms with E-state index in [1.54, 1.807) is 24.3 Å². The zero-order chi connectivity index (χ0) is 14.7. The molecule has 102 valence electrons. The highest BCUT2D eigenvalue weighted by Gasteiger charge is 2.14. The van der Waals surface area contributed by atoms with Crippen LogP contribution in [-0.4, -0.2) is 10.5 Å². The van der Waals surface area contributed by atoms with Crippen LogP contribution in [0.25, 0.3) is 5.69 Å². The Labute approximate surface area is 125 Å². The molecule has 0 atom stereocenters. The van der Waals surface area contributed by atoms with Gasteiger partial charge in [0.15, 0.2) is 0 Å². The van der Waals surface area contributed by atoms with Crippen molar-refractivity contribution in [3.8, 4) is 11.8 Å². The van der Waals surface area contributed by atoms with Crippen molar-refractivity contribution in [2.45, 2.75) is 0 Å². The van der Waals surface area contributed by atoms with Gasteiger partial charge in [0, 0.05) is 18.1 Å². The van der Waals surface area contributed by atoms with Crippen molar-refractivity contribution in [3.05, 3.63) is 70.7 Å². The molecule has 0 fully saturated rings. The summed E-state index contributed by atoms with van der Waals surface area (Å²) < 4.78 is 1.90. The van der Waals surface area contributed by atoms with Crippen molar-refractivity contribution < 1.29 is 4.79 Å². The summed E-state index contributed by atoms with van der Waals surface area (Å²) >= 11 is 1.39. The van der Waals surface area contributed by atoms with E-state index < -0.39 is 0 Å². The Morgan fingerprint density at radius 2 is 2.00 bits per heavy atom. The highest BCUT2D eigenvalue weighted by atomic mass is 32.1. The third-order valence-corrected chi connectivity index (χ3v) is 3.89. The van der Waals surface area contributed by atoms with Crippen LogP contribution in [0.1, 0.15) is 15.2 Å². The largest absolute Gasteiger partial charge is 0.322 e. The molecule has 0 aliphatic rings. The molecule has 2 aromatic heterocycles. The second-order valence-corrected chi connectivity index (χ2v) is 5.29. The number of nitrogens with one attached hydrogen (secondary N) is 1. The smallest absolute Gasteiger partial charge is 0.267 e. The number of amides is 1. The quantitative estimate of drug-likeness (QED) is 0.801. The molecule has 0 bridgehead atoms. The molecular formula is C16H11N3OS. The van der Waals surface area contributed by atoms with Crippen LogP contribution in [0, 0.1) is 11.3 Å². The van der Waals surface area contributed by atoms with Gasteiger partial charge in [-0.25, -0.2) is 0 Å². The Balaban J connectivity index is 1.87. The van der Waals surface area contributed by atoms with Crippen molar-refractivity contribution in [3.63, 3.8) is 0 Å². The number of hydrogen-bond acceptors (Lipinski definition) is 3. The minimum absolute atomic E-state index is 0.177. The highest BCUT2D eigenvalue weighted by Crippen LogP contribution is 2.23. The molecule has 0 aliphatic heterocycles. The minimum Gasteiger partial charge on any atom is -0.322 e. The molecule has 21 heavy (non-hydrogen) atoms. The Morgan fingerprint density at radius 1 is 1.19 bits per heavy atom. The lowest BCUT2D eigenvalue weighted by Gasteiger charge is -2.07. The standard InChI is InChI=1S/C16H11N3OS/c17-11-12-4-3-5-13(10-12)18-16(20)15-14(6-9-21-15)19-7-1-2-8-19/h1-10H,(H,18,20). The molecule has 0 saturated carbocycles. The first kappa shape index (κ1) is 13.2. The first-order chi connectivity index (χ1) is 10.3. The van der Waals surface area contributed by atoms with Gasteiger partial charge in [0.2, 0.25) is 0 Å². The lowest BCUT2D eigenvalue weighted by atomic mass is 10.2. The van der Waals surface area contributed by atoms with Crippen molar-refractivity contribution in [2.75, 3.05) is 5.32 Å². The van der Waals surface area contributed by atoms with E-state index >= 15 is 0 Å². The van der Waals surface area contributed by atoms with Crippen LogP contribution in [0.3, 0.4) is 0 Å². The normalized spacial score (nSPS) is 10.0. The molecule has 1 amide bonds. The fourth-order valence-corrected chi connectivity index (χ4v) is 2.81. The van der Waals surface area contributed by atoms with Crippen molar-refractivity contribution in [1.82, 2.24) is 4.57 Å². The predicted octanol–water partition coefficient (Wildman–Crippen LogP) is 3.66. The molecule has 0 aliphatic carbocycles. The maximum Gasteiger partial charge on any atom is 0.267 e. The van der Waals surface area contributed by atoms with Gasteiger partial charge in [0.25, 0.3) is 5.91 Å². The molecule has 0 saturated heterocycles. The first-order valence-corrected chi connectivity index (χ1v) is 7.18. The van der Waals surface area contributed by atoms with E-state index in [9.17, 15) is 4.79 Å². The molecular weight excluding hydrogens is 282 g/mol. The number of carbonyl (C=O) groups excluding carboxylic acids is 1. The number of thiophene rings is 1. The minimum atomic E-state index is -0.177. The zero-order valence-electron chi connectivity index (χ0n) is 11.0. The van der Waals surface area contributed by atoms with E-state index in [-0.39, 0.29) is 5.91 Å². The molecule has 3 rings (SSSR count). The van der Waals surface area contributed by atoms with E-state index in [4.69, 9.17) is 5.26 Å². The lowest BCUT2D eigenvalue weighted by molar-refractivity contribution is 0.103. The van der Waals surface area contributed by atoms with Gasteiger partial charge < -0.3 is 9.88 Å². The molecule has 0 radical (unpaired) electrons. The number of anilines is 1. The van der Waals surface area contributed by atoms with Gasteiger partial charge in [-0.15, -0.1) is 11.3 Å². The van der Waals surface area contributed by atoms with Gasteiger partial charge in [-0.2, -0.15) is 5.26 Å². The van der Waals surface area contributed by atoms with Crippen LogP contribution in [-0.2, 0) is 0 Å². The Morgan fingerprint density at radius 3 is 2.76 bits per heavy atom. The monoisotopic (exact) mass is 293 g/mol. The van der Waals surface area contributed by atoms with Crippen molar-refractivity contribution in [2.24, 2.45) is 0 Å². The summed E-state index contributed by atoms with van der Waals surface area (Å²) in [5.74, 6) is -0.177. The molecule has 5 heteroatoms. The Hall–Kier alpha value is -2.84. The molecule has 1 aromatic carbocycles. The Kier molecular flexibility index (Phi) is 3.54. The molecule has 4 nitrogen and oxygen atoms in total. The van der Waals surface area contributed by atoms with Gasteiger partial charge in [0.1, 0.15) is 4.88 Å². The van der Waals surface area contributed by atoms with Crippen LogP contribution in [0.4, 0.5) is 5.69 Å². The third kappa shape index (κ3) is 2.71. The van der Waals surface area contributed by atoms with E-state index in [1.807, 2.05) is 40.5 Å². The zero-order valence-corrected chi connectivity index (χ0v) is 11.8. The number of rotatable bonds is 3.